The molecule has 0 aliphatic carbocycles. The van der Waals surface area contributed by atoms with Crippen LogP contribution in [0.5, 0.6) is 5.75 Å². The zero-order valence-corrected chi connectivity index (χ0v) is 24.6. The van der Waals surface area contributed by atoms with Gasteiger partial charge in [-0.05, 0) is 72.3 Å². The molecule has 1 heterocycles. The molecule has 0 radical (unpaired) electrons. The number of aryl methyl sites for hydroxylation is 1. The van der Waals surface area contributed by atoms with Crippen LogP contribution in [-0.2, 0) is 19.4 Å². The quantitative estimate of drug-likeness (QED) is 0.106. The van der Waals surface area contributed by atoms with Crippen molar-refractivity contribution in [3.63, 3.8) is 0 Å². The molecule has 8 nitrogen and oxygen atoms in total. The molecule has 0 aliphatic rings. The number of hydrogen-bond donors (Lipinski definition) is 5. The average molecular weight is 591 g/mol. The number of benzene rings is 4. The zero-order chi connectivity index (χ0) is 30.6. The van der Waals surface area contributed by atoms with Crippen LogP contribution in [0.25, 0.3) is 10.9 Å². The SMILES string of the molecule is O=C(NCCCc1ccccc1)Nc1ccc(CCNC[C@@H](O)c2ccc(OCc3ccccc3)c3[nH]c(=O)ccc23)cc1. The Balaban J connectivity index is 1.06. The summed E-state index contributed by atoms with van der Waals surface area (Å²) in [7, 11) is 0. The van der Waals surface area contributed by atoms with Gasteiger partial charge in [-0.2, -0.15) is 0 Å². The van der Waals surface area contributed by atoms with Crippen LogP contribution in [0.3, 0.4) is 0 Å². The topological polar surface area (TPSA) is 115 Å². The number of anilines is 1. The molecule has 5 aromatic rings. The number of carbonyl (C=O) groups excluding carboxylic acids is 1. The van der Waals surface area contributed by atoms with Crippen molar-refractivity contribution in [3.05, 3.63) is 142 Å². The van der Waals surface area contributed by atoms with E-state index in [-0.39, 0.29) is 11.6 Å². The molecular weight excluding hydrogens is 552 g/mol. The zero-order valence-electron chi connectivity index (χ0n) is 24.6. The summed E-state index contributed by atoms with van der Waals surface area (Å²) in [6.07, 6.45) is 1.79. The molecule has 0 unspecified atom stereocenters. The minimum absolute atomic E-state index is 0.214. The number of rotatable bonds is 14. The van der Waals surface area contributed by atoms with E-state index < -0.39 is 6.10 Å². The lowest BCUT2D eigenvalue weighted by Crippen LogP contribution is -2.29. The van der Waals surface area contributed by atoms with Crippen LogP contribution < -0.4 is 26.2 Å². The van der Waals surface area contributed by atoms with Crippen LogP contribution in [-0.4, -0.2) is 35.8 Å². The molecule has 44 heavy (non-hydrogen) atoms. The summed E-state index contributed by atoms with van der Waals surface area (Å²) in [5.41, 5.74) is 5.19. The number of carbonyl (C=O) groups is 1. The number of amides is 2. The highest BCUT2D eigenvalue weighted by Crippen LogP contribution is 2.30. The summed E-state index contributed by atoms with van der Waals surface area (Å²) < 4.78 is 6.02. The number of nitrogens with one attached hydrogen (secondary N) is 4. The Morgan fingerprint density at radius 1 is 0.773 bits per heavy atom. The maximum Gasteiger partial charge on any atom is 0.319 e. The number of fused-ring (bicyclic) bond motifs is 1. The number of ether oxygens (including phenoxy) is 1. The number of aliphatic hydroxyl groups is 1. The van der Waals surface area contributed by atoms with Crippen molar-refractivity contribution < 1.29 is 14.6 Å². The van der Waals surface area contributed by atoms with Crippen LogP contribution in [0.2, 0.25) is 0 Å². The van der Waals surface area contributed by atoms with Gasteiger partial charge < -0.3 is 30.8 Å². The van der Waals surface area contributed by atoms with Crippen molar-refractivity contribution in [2.45, 2.75) is 32.0 Å². The minimum Gasteiger partial charge on any atom is -0.487 e. The van der Waals surface area contributed by atoms with Gasteiger partial charge >= 0.3 is 6.03 Å². The fourth-order valence-corrected chi connectivity index (χ4v) is 5.04. The molecule has 4 aromatic carbocycles. The number of H-pyrrole nitrogens is 1. The van der Waals surface area contributed by atoms with Crippen molar-refractivity contribution in [2.24, 2.45) is 0 Å². The van der Waals surface area contributed by atoms with Gasteiger partial charge in [0.25, 0.3) is 0 Å². The molecule has 0 bridgehead atoms. The van der Waals surface area contributed by atoms with Gasteiger partial charge in [-0.25, -0.2) is 4.79 Å². The molecule has 0 saturated heterocycles. The maximum atomic E-state index is 12.2. The number of urea groups is 1. The molecule has 226 valence electrons. The van der Waals surface area contributed by atoms with E-state index in [1.807, 2.05) is 78.9 Å². The van der Waals surface area contributed by atoms with E-state index in [9.17, 15) is 14.7 Å². The van der Waals surface area contributed by atoms with E-state index in [4.69, 9.17) is 4.74 Å². The number of hydrogen-bond acceptors (Lipinski definition) is 5. The first-order valence-corrected chi connectivity index (χ1v) is 14.9. The fourth-order valence-electron chi connectivity index (χ4n) is 5.04. The van der Waals surface area contributed by atoms with Crippen LogP contribution >= 0.6 is 0 Å². The third kappa shape index (κ3) is 8.80. The summed E-state index contributed by atoms with van der Waals surface area (Å²) in [4.78, 5) is 27.2. The average Bonchev–Trinajstić information content (AvgIpc) is 3.05. The summed E-state index contributed by atoms with van der Waals surface area (Å²) in [5, 5.41) is 20.8. The van der Waals surface area contributed by atoms with E-state index in [0.717, 1.165) is 41.5 Å². The highest BCUT2D eigenvalue weighted by molar-refractivity contribution is 5.89. The van der Waals surface area contributed by atoms with Crippen molar-refractivity contribution >= 4 is 22.6 Å². The smallest absolute Gasteiger partial charge is 0.319 e. The lowest BCUT2D eigenvalue weighted by molar-refractivity contribution is 0.176. The predicted molar refractivity (Wildman–Crippen MR) is 175 cm³/mol. The Bertz CT molecular complexity index is 1690. The van der Waals surface area contributed by atoms with E-state index in [1.165, 1.54) is 11.6 Å². The number of aliphatic hydroxyl groups excluding tert-OH is 1. The van der Waals surface area contributed by atoms with Crippen LogP contribution in [0.15, 0.2) is 114 Å². The van der Waals surface area contributed by atoms with Gasteiger partial charge in [-0.15, -0.1) is 0 Å². The minimum atomic E-state index is -0.774. The van der Waals surface area contributed by atoms with Gasteiger partial charge in [-0.1, -0.05) is 78.9 Å². The molecule has 0 spiro atoms. The second-order valence-electron chi connectivity index (χ2n) is 10.7. The molecule has 1 atom stereocenters. The van der Waals surface area contributed by atoms with Gasteiger partial charge in [0.15, 0.2) is 0 Å². The lowest BCUT2D eigenvalue weighted by atomic mass is 10.0. The standard InChI is InChI=1S/C36H38N4O4/c41-32(30-17-19-33(35-31(30)18-20-34(42)40-35)44-25-28-10-5-2-6-11-28)24-37-23-21-27-13-15-29(16-14-27)39-36(43)38-22-7-12-26-8-3-1-4-9-26/h1-6,8-11,13-20,32,37,41H,7,12,21-25H2,(H,40,42)(H2,38,39,43)/t32-/m1/s1. The molecule has 0 fully saturated rings. The van der Waals surface area contributed by atoms with Crippen LogP contribution in [0.4, 0.5) is 10.5 Å². The van der Waals surface area contributed by atoms with Crippen LogP contribution in [0.1, 0.15) is 34.8 Å². The molecule has 5 rings (SSSR count). The lowest BCUT2D eigenvalue weighted by Gasteiger charge is -2.17. The molecule has 5 N–H and O–H groups in total. The van der Waals surface area contributed by atoms with E-state index in [2.05, 4.69) is 33.1 Å². The second kappa shape index (κ2) is 15.5. The summed E-state index contributed by atoms with van der Waals surface area (Å²) in [5.74, 6) is 0.559. The Morgan fingerprint density at radius 3 is 2.23 bits per heavy atom. The van der Waals surface area contributed by atoms with E-state index in [1.54, 1.807) is 12.1 Å². The third-order valence-corrected chi connectivity index (χ3v) is 7.40. The number of pyridine rings is 1. The second-order valence-corrected chi connectivity index (χ2v) is 10.7. The van der Waals surface area contributed by atoms with Gasteiger partial charge in [-0.3, -0.25) is 4.79 Å². The molecule has 8 heteroatoms. The first-order chi connectivity index (χ1) is 21.5. The van der Waals surface area contributed by atoms with E-state index in [0.29, 0.717) is 43.1 Å². The summed E-state index contributed by atoms with van der Waals surface area (Å²) in [6.45, 7) is 1.99. The maximum absolute atomic E-state index is 12.2. The fraction of sp³-hybridized carbons (Fsp3) is 0.222. The first-order valence-electron chi connectivity index (χ1n) is 14.9. The van der Waals surface area contributed by atoms with Crippen molar-refractivity contribution in [1.82, 2.24) is 15.6 Å². The predicted octanol–water partition coefficient (Wildman–Crippen LogP) is 5.73. The third-order valence-electron chi connectivity index (χ3n) is 7.40. The Morgan fingerprint density at radius 2 is 1.48 bits per heavy atom. The summed E-state index contributed by atoms with van der Waals surface area (Å²) >= 11 is 0. The van der Waals surface area contributed by atoms with Crippen molar-refractivity contribution in [1.29, 1.82) is 0 Å². The Hall–Kier alpha value is -4.92. The Labute approximate surface area is 257 Å². The molecule has 0 aliphatic heterocycles. The monoisotopic (exact) mass is 590 g/mol. The van der Waals surface area contributed by atoms with Crippen molar-refractivity contribution in [2.75, 3.05) is 25.0 Å². The number of aromatic amines is 1. The molecular formula is C36H38N4O4. The van der Waals surface area contributed by atoms with Gasteiger partial charge in [0, 0.05) is 30.2 Å². The highest BCUT2D eigenvalue weighted by Gasteiger charge is 2.15. The molecule has 2 amide bonds. The highest BCUT2D eigenvalue weighted by atomic mass is 16.5. The molecule has 0 saturated carbocycles. The van der Waals surface area contributed by atoms with Gasteiger partial charge in [0.1, 0.15) is 12.4 Å². The van der Waals surface area contributed by atoms with E-state index >= 15 is 0 Å². The number of aromatic nitrogens is 1. The summed E-state index contributed by atoms with van der Waals surface area (Å²) in [6, 6.07) is 34.4. The molecule has 1 aromatic heterocycles. The van der Waals surface area contributed by atoms with Crippen molar-refractivity contribution in [3.8, 4) is 5.75 Å². The van der Waals surface area contributed by atoms with Gasteiger partial charge in [0.2, 0.25) is 5.56 Å². The van der Waals surface area contributed by atoms with Crippen LogP contribution in [0, 0.1) is 0 Å². The largest absolute Gasteiger partial charge is 0.487 e. The first kappa shape index (κ1) is 30.5. The Kier molecular flexibility index (Phi) is 10.8. The normalized spacial score (nSPS) is 11.7. The van der Waals surface area contributed by atoms with Gasteiger partial charge in [0.05, 0.1) is 11.6 Å².